The van der Waals surface area contributed by atoms with Crippen LogP contribution in [0.1, 0.15) is 284 Å². The lowest BCUT2D eigenvalue weighted by atomic mass is 9.81. The summed E-state index contributed by atoms with van der Waals surface area (Å²) < 4.78 is 44.8. The van der Waals surface area contributed by atoms with E-state index in [1.165, 1.54) is 0 Å². The Kier molecular flexibility index (Phi) is 30.1. The van der Waals surface area contributed by atoms with Gasteiger partial charge in [0.05, 0.1) is 45.8 Å². The second-order valence-electron chi connectivity index (χ2n) is 44.4. The van der Waals surface area contributed by atoms with E-state index < -0.39 is 66.2 Å². The van der Waals surface area contributed by atoms with Crippen LogP contribution in [0, 0.1) is 0 Å². The average molecular weight is 1570 g/mol. The number of hydrogen-bond acceptors (Lipinski definition) is 25. The van der Waals surface area contributed by atoms with Crippen molar-refractivity contribution in [2.24, 2.45) is 0 Å². The van der Waals surface area contributed by atoms with Gasteiger partial charge in [-0.2, -0.15) is 0 Å². The van der Waals surface area contributed by atoms with Crippen molar-refractivity contribution in [1.82, 2.24) is 57.2 Å². The van der Waals surface area contributed by atoms with Crippen LogP contribution in [0.4, 0.5) is 0 Å². The standard InChI is InChI=1S/C85H157N12O14/c1-72(2)37-58(38-73(3,4)87-72)105-65(98)51-86-29-35-97(56-70(103)110-63-47-82(21,22)92-83(23,24)48-63,57-71(104)111-64-49-84(25,26)93-85(27,28)50-64)36-34-95(53-67(100)107-60-41-76(9,10)89-77(11,12)42-60)31-30-94(52-66(99)106-59-39-74(5,6)88-75(7,8)40-59)32-33-96(54-68(101)108-61-43-78(13,14)90-79(15,16)44-61)55-69(102)109-62-45-80(17,18)91-81(19,20)46-62/h58-64,86-93H,29-57H2,1-28H3/q+1. The third kappa shape index (κ3) is 33.0. The van der Waals surface area contributed by atoms with Gasteiger partial charge in [0.25, 0.3) is 0 Å². The van der Waals surface area contributed by atoms with Crippen LogP contribution in [0.25, 0.3) is 0 Å². The first kappa shape index (κ1) is 94.0. The zero-order chi connectivity index (χ0) is 83.4. The molecule has 0 saturated carbocycles. The quantitative estimate of drug-likeness (QED) is 0.0133. The van der Waals surface area contributed by atoms with Gasteiger partial charge in [-0.25, -0.2) is 9.59 Å². The van der Waals surface area contributed by atoms with E-state index in [9.17, 15) is 19.2 Å². The summed E-state index contributed by atoms with van der Waals surface area (Å²) in [6.07, 6.45) is 5.31. The highest BCUT2D eigenvalue weighted by molar-refractivity contribution is 5.76. The zero-order valence-electron chi connectivity index (χ0n) is 74.6. The van der Waals surface area contributed by atoms with Gasteiger partial charge < -0.3 is 80.2 Å². The topological polar surface area (TPSA) is 290 Å². The maximum Gasteiger partial charge on any atom is 0.362 e. The molecule has 26 nitrogen and oxygen atoms in total. The largest absolute Gasteiger partial charge is 0.461 e. The van der Waals surface area contributed by atoms with E-state index in [1.54, 1.807) is 4.90 Å². The summed E-state index contributed by atoms with van der Waals surface area (Å²) in [4.78, 5) is 109. The summed E-state index contributed by atoms with van der Waals surface area (Å²) in [7, 11) is 0. The van der Waals surface area contributed by atoms with Crippen LogP contribution in [0.15, 0.2) is 0 Å². The predicted octanol–water partition coefficient (Wildman–Crippen LogP) is 8.27. The van der Waals surface area contributed by atoms with Crippen molar-refractivity contribution in [1.29, 1.82) is 0 Å². The number of nitrogens with one attached hydrogen (secondary N) is 8. The molecule has 7 fully saturated rings. The van der Waals surface area contributed by atoms with Crippen LogP contribution in [-0.4, -0.2) is 279 Å². The van der Waals surface area contributed by atoms with Gasteiger partial charge in [-0.05, 0) is 194 Å². The van der Waals surface area contributed by atoms with Gasteiger partial charge in [0.2, 0.25) is 0 Å². The minimum atomic E-state index is -0.502. The molecular weight excluding hydrogens is 1410 g/mol. The van der Waals surface area contributed by atoms with Crippen molar-refractivity contribution in [2.75, 3.05) is 98.2 Å². The SMILES string of the molecule is CC1(C)CC(OC(=O)CNCC[N+](CCN(CCN(CCN(CC(=O)OC2CC(C)(C)NC(C)(C)C2)CC(=O)OC2CC(C)(C)NC(C)(C)C2)CC(=O)OC2CC(C)(C)NC(C)(C)C2)CC(=O)OC2CC(C)(C)NC(C)(C)C2)(CC(=O)OC2CC(C)(C)NC(C)(C)C2)CC(=O)OC2CC(C)(C)NC(C)(C)C2)CC(C)(C)N1. The van der Waals surface area contributed by atoms with Crippen molar-refractivity contribution in [2.45, 2.75) is 404 Å². The molecule has 7 aliphatic rings. The Labute approximate surface area is 669 Å². The summed E-state index contributed by atoms with van der Waals surface area (Å²) in [5.74, 6) is -3.32. The van der Waals surface area contributed by atoms with Gasteiger partial charge in [-0.1, -0.05) is 0 Å². The lowest BCUT2D eigenvalue weighted by Gasteiger charge is -2.46. The van der Waals surface area contributed by atoms with E-state index in [-0.39, 0.29) is 199 Å². The van der Waals surface area contributed by atoms with E-state index in [1.807, 2.05) is 9.80 Å². The highest BCUT2D eigenvalue weighted by Gasteiger charge is 2.48. The molecule has 8 N–H and O–H groups in total. The third-order valence-corrected chi connectivity index (χ3v) is 22.9. The molecule has 0 unspecified atom stereocenters. The van der Waals surface area contributed by atoms with Gasteiger partial charge in [-0.15, -0.1) is 0 Å². The lowest BCUT2D eigenvalue weighted by Crippen LogP contribution is -2.62. The van der Waals surface area contributed by atoms with Gasteiger partial charge >= 0.3 is 41.8 Å². The molecule has 640 valence electrons. The Morgan fingerprint density at radius 1 is 0.261 bits per heavy atom. The fourth-order valence-corrected chi connectivity index (χ4v) is 21.7. The molecule has 0 amide bonds. The Morgan fingerprint density at radius 3 is 0.667 bits per heavy atom. The number of ether oxygens (including phenoxy) is 7. The molecule has 0 aromatic heterocycles. The van der Waals surface area contributed by atoms with E-state index in [2.05, 4.69) is 236 Å². The van der Waals surface area contributed by atoms with Gasteiger partial charge in [0.15, 0.2) is 13.1 Å². The molecule has 0 atom stereocenters. The van der Waals surface area contributed by atoms with E-state index in [0.29, 0.717) is 89.9 Å². The fraction of sp³-hybridized carbons (Fsp3) is 0.918. The number of esters is 7. The predicted molar refractivity (Wildman–Crippen MR) is 435 cm³/mol. The van der Waals surface area contributed by atoms with Crippen molar-refractivity contribution < 1.29 is 71.2 Å². The smallest absolute Gasteiger partial charge is 0.362 e. The molecule has 7 saturated heterocycles. The number of carbonyl (C=O) groups excluding carboxylic acids is 7. The van der Waals surface area contributed by atoms with Crippen LogP contribution in [0.3, 0.4) is 0 Å². The Morgan fingerprint density at radius 2 is 0.441 bits per heavy atom. The number of nitrogens with zero attached hydrogens (tertiary/aromatic N) is 4. The molecule has 0 radical (unpaired) electrons. The van der Waals surface area contributed by atoms with Crippen LogP contribution < -0.4 is 42.5 Å². The lowest BCUT2D eigenvalue weighted by molar-refractivity contribution is -0.913. The van der Waals surface area contributed by atoms with Crippen LogP contribution in [0.5, 0.6) is 0 Å². The second-order valence-corrected chi connectivity index (χ2v) is 44.4. The van der Waals surface area contributed by atoms with Crippen LogP contribution >= 0.6 is 0 Å². The summed E-state index contributed by atoms with van der Waals surface area (Å²) in [6, 6.07) is 0. The normalized spacial score (nSPS) is 25.5. The summed E-state index contributed by atoms with van der Waals surface area (Å²) in [6.45, 7) is 58.5. The highest BCUT2D eigenvalue weighted by atomic mass is 16.6. The maximum absolute atomic E-state index is 15.3. The molecule has 0 aromatic carbocycles. The average Bonchev–Trinajstić information content (AvgIpc) is 0.823. The Balaban J connectivity index is 1.27. The minimum absolute atomic E-state index is 0.112. The molecule has 7 heterocycles. The Hall–Kier alpha value is -4.19. The fourth-order valence-electron chi connectivity index (χ4n) is 21.7. The van der Waals surface area contributed by atoms with E-state index in [4.69, 9.17) is 33.2 Å². The Bertz CT molecular complexity index is 2970. The number of piperidine rings is 7. The molecule has 0 spiro atoms. The first-order valence-electron chi connectivity index (χ1n) is 42.0. The summed E-state index contributed by atoms with van der Waals surface area (Å²) in [5, 5.41) is 29.2. The first-order valence-corrected chi connectivity index (χ1v) is 42.0. The van der Waals surface area contributed by atoms with Gasteiger partial charge in [-0.3, -0.25) is 38.7 Å². The molecule has 111 heavy (non-hydrogen) atoms. The molecule has 26 heteroatoms. The minimum Gasteiger partial charge on any atom is -0.461 e. The van der Waals surface area contributed by atoms with Crippen molar-refractivity contribution in [3.8, 4) is 0 Å². The first-order chi connectivity index (χ1) is 50.3. The monoisotopic (exact) mass is 1570 g/mol. The van der Waals surface area contributed by atoms with E-state index in [0.717, 1.165) is 0 Å². The summed E-state index contributed by atoms with van der Waals surface area (Å²) >= 11 is 0. The molecule has 0 aliphatic carbocycles. The molecule has 7 aliphatic heterocycles. The van der Waals surface area contributed by atoms with Crippen LogP contribution in [0.2, 0.25) is 0 Å². The number of carbonyl (C=O) groups is 7. The van der Waals surface area contributed by atoms with E-state index >= 15 is 14.4 Å². The molecule has 0 aromatic rings. The molecular formula is C85H157N12O14+. The maximum atomic E-state index is 15.3. The highest BCUT2D eigenvalue weighted by Crippen LogP contribution is 2.38. The zero-order valence-corrected chi connectivity index (χ0v) is 74.6. The number of hydrogen-bond donors (Lipinski definition) is 8. The molecule has 7 rings (SSSR count). The number of rotatable bonds is 33. The van der Waals surface area contributed by atoms with Crippen molar-refractivity contribution in [3.63, 3.8) is 0 Å². The molecule has 0 bridgehead atoms. The van der Waals surface area contributed by atoms with Crippen molar-refractivity contribution >= 4 is 41.8 Å². The van der Waals surface area contributed by atoms with Crippen LogP contribution in [-0.2, 0) is 66.7 Å². The van der Waals surface area contributed by atoms with Gasteiger partial charge in [0, 0.05) is 207 Å². The second kappa shape index (κ2) is 35.6. The third-order valence-electron chi connectivity index (χ3n) is 22.9. The van der Waals surface area contributed by atoms with Gasteiger partial charge in [0.1, 0.15) is 42.7 Å². The number of quaternary nitrogens is 1. The summed E-state index contributed by atoms with van der Waals surface area (Å²) in [5.41, 5.74) is -4.61. The van der Waals surface area contributed by atoms with Crippen molar-refractivity contribution in [3.05, 3.63) is 0 Å².